The molecule has 9 aromatic rings. The summed E-state index contributed by atoms with van der Waals surface area (Å²) in [5, 5.41) is 9.83. The minimum Gasteiger partial charge on any atom is -0.228 e. The lowest BCUT2D eigenvalue weighted by Gasteiger charge is -2.16. The standard InChI is InChI=1S/C40H24N2S/c1-2-12-26(13-3-1)40-41-34(33-19-10-18-32-31-17-8-9-20-36(31)43-39(32)33)24-35(42-40)38-30-16-7-5-14-27(30)23-28-22-21-25-11-4-6-15-29(25)37(28)38/h1-24H. The molecular weight excluding hydrogens is 541 g/mol. The topological polar surface area (TPSA) is 25.8 Å². The lowest BCUT2D eigenvalue weighted by molar-refractivity contribution is 1.19. The predicted octanol–water partition coefficient (Wildman–Crippen LogP) is 11.3. The third-order valence-electron chi connectivity index (χ3n) is 8.45. The van der Waals surface area contributed by atoms with Gasteiger partial charge in [0, 0.05) is 36.9 Å². The summed E-state index contributed by atoms with van der Waals surface area (Å²) in [4.78, 5) is 10.6. The van der Waals surface area contributed by atoms with Gasteiger partial charge in [0.25, 0.3) is 0 Å². The third-order valence-corrected chi connectivity index (χ3v) is 9.67. The first-order chi connectivity index (χ1) is 21.3. The van der Waals surface area contributed by atoms with Gasteiger partial charge in [0.05, 0.1) is 11.4 Å². The number of aromatic nitrogens is 2. The molecule has 0 N–H and O–H groups in total. The van der Waals surface area contributed by atoms with Crippen molar-refractivity contribution in [2.75, 3.05) is 0 Å². The van der Waals surface area contributed by atoms with Gasteiger partial charge in [-0.1, -0.05) is 127 Å². The molecule has 2 aromatic heterocycles. The Morgan fingerprint density at radius 1 is 0.442 bits per heavy atom. The molecule has 0 saturated carbocycles. The summed E-state index contributed by atoms with van der Waals surface area (Å²) in [5.74, 6) is 0.729. The van der Waals surface area contributed by atoms with Gasteiger partial charge in [-0.2, -0.15) is 0 Å². The second kappa shape index (κ2) is 9.59. The average Bonchev–Trinajstić information content (AvgIpc) is 3.46. The number of thiophene rings is 1. The fourth-order valence-electron chi connectivity index (χ4n) is 6.48. The van der Waals surface area contributed by atoms with Crippen LogP contribution in [-0.2, 0) is 0 Å². The lowest BCUT2D eigenvalue weighted by atomic mass is 9.90. The first-order valence-electron chi connectivity index (χ1n) is 14.5. The highest BCUT2D eigenvalue weighted by molar-refractivity contribution is 7.26. The van der Waals surface area contributed by atoms with Crippen molar-refractivity contribution < 1.29 is 0 Å². The van der Waals surface area contributed by atoms with Gasteiger partial charge in [-0.25, -0.2) is 9.97 Å². The number of hydrogen-bond donors (Lipinski definition) is 0. The van der Waals surface area contributed by atoms with E-state index >= 15 is 0 Å². The zero-order valence-electron chi connectivity index (χ0n) is 23.2. The van der Waals surface area contributed by atoms with Crippen molar-refractivity contribution in [2.24, 2.45) is 0 Å². The molecule has 0 aliphatic heterocycles. The van der Waals surface area contributed by atoms with Crippen molar-refractivity contribution >= 4 is 63.8 Å². The SMILES string of the molecule is c1ccc(-c2nc(-c3cccc4c3sc3ccccc34)cc(-c3c4ccccc4cc4ccc5ccccc5c34)n2)cc1. The number of rotatable bonds is 3. The smallest absolute Gasteiger partial charge is 0.160 e. The molecule has 0 bridgehead atoms. The zero-order chi connectivity index (χ0) is 28.3. The maximum atomic E-state index is 5.32. The molecule has 200 valence electrons. The van der Waals surface area contributed by atoms with E-state index in [2.05, 4.69) is 140 Å². The Morgan fingerprint density at radius 2 is 1.12 bits per heavy atom. The average molecular weight is 565 g/mol. The number of hydrogen-bond acceptors (Lipinski definition) is 3. The van der Waals surface area contributed by atoms with Crippen LogP contribution in [0.3, 0.4) is 0 Å². The highest BCUT2D eigenvalue weighted by Gasteiger charge is 2.19. The Hall–Kier alpha value is -5.38. The first kappa shape index (κ1) is 24.2. The van der Waals surface area contributed by atoms with E-state index in [0.29, 0.717) is 0 Å². The largest absolute Gasteiger partial charge is 0.228 e. The molecular formula is C40H24N2S. The van der Waals surface area contributed by atoms with Crippen LogP contribution >= 0.6 is 11.3 Å². The minimum atomic E-state index is 0.729. The van der Waals surface area contributed by atoms with Gasteiger partial charge in [-0.3, -0.25) is 0 Å². The van der Waals surface area contributed by atoms with Crippen LogP contribution in [0.5, 0.6) is 0 Å². The van der Waals surface area contributed by atoms with Crippen molar-refractivity contribution in [1.29, 1.82) is 0 Å². The Bertz CT molecular complexity index is 2510. The first-order valence-corrected chi connectivity index (χ1v) is 15.3. The van der Waals surface area contributed by atoms with Crippen molar-refractivity contribution in [3.63, 3.8) is 0 Å². The number of nitrogens with zero attached hydrogens (tertiary/aromatic N) is 2. The molecule has 0 atom stereocenters. The Kier molecular flexibility index (Phi) is 5.40. The van der Waals surface area contributed by atoms with Crippen LogP contribution in [-0.4, -0.2) is 9.97 Å². The predicted molar refractivity (Wildman–Crippen MR) is 184 cm³/mol. The van der Waals surface area contributed by atoms with Crippen LogP contribution in [0.25, 0.3) is 86.4 Å². The molecule has 2 nitrogen and oxygen atoms in total. The van der Waals surface area contributed by atoms with Gasteiger partial charge in [-0.15, -0.1) is 11.3 Å². The van der Waals surface area contributed by atoms with Crippen LogP contribution in [0.15, 0.2) is 146 Å². The minimum absolute atomic E-state index is 0.729. The molecule has 43 heavy (non-hydrogen) atoms. The van der Waals surface area contributed by atoms with Gasteiger partial charge in [0.15, 0.2) is 5.82 Å². The van der Waals surface area contributed by atoms with Crippen LogP contribution in [0.2, 0.25) is 0 Å². The summed E-state index contributed by atoms with van der Waals surface area (Å²) in [5.41, 5.74) is 5.15. The summed E-state index contributed by atoms with van der Waals surface area (Å²) >= 11 is 1.83. The van der Waals surface area contributed by atoms with E-state index in [9.17, 15) is 0 Å². The van der Waals surface area contributed by atoms with Crippen molar-refractivity contribution in [1.82, 2.24) is 9.97 Å². The van der Waals surface area contributed by atoms with E-state index in [4.69, 9.17) is 9.97 Å². The molecule has 0 spiro atoms. The van der Waals surface area contributed by atoms with E-state index in [-0.39, 0.29) is 0 Å². The Morgan fingerprint density at radius 3 is 2.00 bits per heavy atom. The molecule has 0 fully saturated rings. The molecule has 9 rings (SSSR count). The lowest BCUT2D eigenvalue weighted by Crippen LogP contribution is -1.97. The van der Waals surface area contributed by atoms with Gasteiger partial charge in [0.1, 0.15) is 0 Å². The summed E-state index contributed by atoms with van der Waals surface area (Å²) in [6, 6.07) is 51.9. The highest BCUT2D eigenvalue weighted by atomic mass is 32.1. The Balaban J connectivity index is 1.43. The second-order valence-electron chi connectivity index (χ2n) is 11.0. The van der Waals surface area contributed by atoms with Crippen molar-refractivity contribution in [3.8, 4) is 33.9 Å². The van der Waals surface area contributed by atoms with Gasteiger partial charge < -0.3 is 0 Å². The van der Waals surface area contributed by atoms with Crippen molar-refractivity contribution in [3.05, 3.63) is 146 Å². The highest BCUT2D eigenvalue weighted by Crippen LogP contribution is 2.43. The van der Waals surface area contributed by atoms with Gasteiger partial charge in [0.2, 0.25) is 0 Å². The molecule has 0 aliphatic rings. The van der Waals surface area contributed by atoms with Crippen LogP contribution in [0.1, 0.15) is 0 Å². The molecule has 3 heteroatoms. The van der Waals surface area contributed by atoms with Crippen LogP contribution < -0.4 is 0 Å². The van der Waals surface area contributed by atoms with Crippen LogP contribution in [0.4, 0.5) is 0 Å². The number of benzene rings is 7. The monoisotopic (exact) mass is 564 g/mol. The normalized spacial score (nSPS) is 11.7. The summed E-state index contributed by atoms with van der Waals surface area (Å²) in [7, 11) is 0. The maximum absolute atomic E-state index is 5.32. The van der Waals surface area contributed by atoms with Gasteiger partial charge >= 0.3 is 0 Å². The second-order valence-corrected chi connectivity index (χ2v) is 12.0. The summed E-state index contributed by atoms with van der Waals surface area (Å²) < 4.78 is 2.54. The summed E-state index contributed by atoms with van der Waals surface area (Å²) in [6.45, 7) is 0. The molecule has 0 saturated heterocycles. The van der Waals surface area contributed by atoms with Crippen LogP contribution in [0, 0.1) is 0 Å². The Labute approximate surface area is 252 Å². The third kappa shape index (κ3) is 3.86. The zero-order valence-corrected chi connectivity index (χ0v) is 24.0. The van der Waals surface area contributed by atoms with Crippen molar-refractivity contribution in [2.45, 2.75) is 0 Å². The molecule has 7 aromatic carbocycles. The van der Waals surface area contributed by atoms with E-state index in [0.717, 1.165) is 33.9 Å². The maximum Gasteiger partial charge on any atom is 0.160 e. The summed E-state index contributed by atoms with van der Waals surface area (Å²) in [6.07, 6.45) is 0. The van der Waals surface area contributed by atoms with E-state index < -0.39 is 0 Å². The fourth-order valence-corrected chi connectivity index (χ4v) is 7.71. The molecule has 0 unspecified atom stereocenters. The van der Waals surface area contributed by atoms with E-state index in [1.54, 1.807) is 0 Å². The molecule has 2 heterocycles. The van der Waals surface area contributed by atoms with E-state index in [1.807, 2.05) is 17.4 Å². The fraction of sp³-hybridized carbons (Fsp3) is 0. The quantitative estimate of drug-likeness (QED) is 0.158. The molecule has 0 radical (unpaired) electrons. The molecule has 0 amide bonds. The molecule has 0 aliphatic carbocycles. The number of fused-ring (bicyclic) bond motifs is 7. The van der Waals surface area contributed by atoms with E-state index in [1.165, 1.54) is 52.5 Å². The van der Waals surface area contributed by atoms with Gasteiger partial charge in [-0.05, 0) is 50.5 Å².